The van der Waals surface area contributed by atoms with E-state index in [0.717, 1.165) is 0 Å². The molecule has 214 valence electrons. The number of carbonyl (C=O) groups excluding carboxylic acids is 3. The highest BCUT2D eigenvalue weighted by Gasteiger charge is 2.24. The molecule has 0 spiro atoms. The minimum absolute atomic E-state index is 0.00200. The summed E-state index contributed by atoms with van der Waals surface area (Å²) in [7, 11) is 1.74. The van der Waals surface area contributed by atoms with E-state index in [-0.39, 0.29) is 35.0 Å². The van der Waals surface area contributed by atoms with Crippen LogP contribution in [0.3, 0.4) is 0 Å². The van der Waals surface area contributed by atoms with E-state index in [1.807, 2.05) is 27.7 Å². The first kappa shape index (κ1) is 31.3. The summed E-state index contributed by atoms with van der Waals surface area (Å²) in [6.07, 6.45) is 3.20. The monoisotopic (exact) mass is 545 g/mol. The molecule has 0 atom stereocenters. The Morgan fingerprint density at radius 2 is 1.64 bits per heavy atom. The Hall–Kier alpha value is -3.89. The number of phenols is 2. The lowest BCUT2D eigenvalue weighted by atomic mass is 10.0. The van der Waals surface area contributed by atoms with Crippen molar-refractivity contribution in [3.8, 4) is 11.5 Å². The van der Waals surface area contributed by atoms with Crippen LogP contribution in [-0.4, -0.2) is 75.0 Å². The van der Waals surface area contributed by atoms with Crippen molar-refractivity contribution in [2.24, 2.45) is 0 Å². The molecule has 0 fully saturated rings. The molecular weight excluding hydrogens is 506 g/mol. The molecule has 0 saturated heterocycles. The summed E-state index contributed by atoms with van der Waals surface area (Å²) in [6, 6.07) is 5.50. The number of esters is 1. The first-order valence-electron chi connectivity index (χ1n) is 13.1. The zero-order chi connectivity index (χ0) is 29.3. The molecule has 0 aromatic heterocycles. The molecule has 11 heteroatoms. The molecule has 0 aliphatic heterocycles. The SMILES string of the molecule is CCN(CCCCN(C)C(=O)CCCCC(=O)OC(C)(C)C)C(=O)c1ccc2c([N+](=O)[O-])c(O)c(O)cc2c1. The van der Waals surface area contributed by atoms with Crippen LogP contribution in [0.4, 0.5) is 5.69 Å². The molecule has 0 heterocycles. The fourth-order valence-electron chi connectivity index (χ4n) is 4.17. The minimum Gasteiger partial charge on any atom is -0.504 e. The lowest BCUT2D eigenvalue weighted by Crippen LogP contribution is -2.33. The maximum atomic E-state index is 13.1. The highest BCUT2D eigenvalue weighted by Crippen LogP contribution is 2.41. The molecule has 39 heavy (non-hydrogen) atoms. The fraction of sp³-hybridized carbons (Fsp3) is 0.536. The van der Waals surface area contributed by atoms with Gasteiger partial charge in [-0.15, -0.1) is 0 Å². The van der Waals surface area contributed by atoms with Crippen LogP contribution in [0.25, 0.3) is 10.8 Å². The van der Waals surface area contributed by atoms with Crippen LogP contribution >= 0.6 is 0 Å². The molecule has 0 radical (unpaired) electrons. The van der Waals surface area contributed by atoms with E-state index in [2.05, 4.69) is 0 Å². The smallest absolute Gasteiger partial charge is 0.322 e. The van der Waals surface area contributed by atoms with E-state index in [1.165, 1.54) is 24.3 Å². The Balaban J connectivity index is 1.84. The minimum atomic E-state index is -0.814. The molecular formula is C28H39N3O8. The number of fused-ring (bicyclic) bond motifs is 1. The summed E-state index contributed by atoms with van der Waals surface area (Å²) in [4.78, 5) is 51.1. The molecule has 2 aromatic rings. The van der Waals surface area contributed by atoms with E-state index in [4.69, 9.17) is 4.74 Å². The first-order valence-corrected chi connectivity index (χ1v) is 13.1. The predicted octanol–water partition coefficient (Wildman–Crippen LogP) is 4.76. The first-order chi connectivity index (χ1) is 18.2. The molecule has 2 amide bonds. The van der Waals surface area contributed by atoms with Crippen LogP contribution in [0.5, 0.6) is 11.5 Å². The Morgan fingerprint density at radius 3 is 2.26 bits per heavy atom. The van der Waals surface area contributed by atoms with Crippen molar-refractivity contribution in [1.82, 2.24) is 9.80 Å². The van der Waals surface area contributed by atoms with Gasteiger partial charge in [0.2, 0.25) is 11.7 Å². The lowest BCUT2D eigenvalue weighted by Gasteiger charge is -2.22. The van der Waals surface area contributed by atoms with Crippen molar-refractivity contribution in [2.75, 3.05) is 26.7 Å². The Morgan fingerprint density at radius 1 is 1.00 bits per heavy atom. The Bertz CT molecular complexity index is 1210. The van der Waals surface area contributed by atoms with Crippen LogP contribution in [0, 0.1) is 10.1 Å². The van der Waals surface area contributed by atoms with Crippen LogP contribution in [0.2, 0.25) is 0 Å². The van der Waals surface area contributed by atoms with Crippen molar-refractivity contribution in [3.63, 3.8) is 0 Å². The third kappa shape index (κ3) is 9.12. The third-order valence-electron chi connectivity index (χ3n) is 6.20. The predicted molar refractivity (Wildman–Crippen MR) is 147 cm³/mol. The number of nitrogens with zero attached hydrogens (tertiary/aromatic N) is 3. The molecule has 0 unspecified atom stereocenters. The van der Waals surface area contributed by atoms with Gasteiger partial charge in [0, 0.05) is 45.1 Å². The highest BCUT2D eigenvalue weighted by atomic mass is 16.6. The van der Waals surface area contributed by atoms with Gasteiger partial charge in [-0.1, -0.05) is 0 Å². The van der Waals surface area contributed by atoms with Gasteiger partial charge in [0.1, 0.15) is 5.60 Å². The molecule has 0 bridgehead atoms. The van der Waals surface area contributed by atoms with Crippen molar-refractivity contribution in [1.29, 1.82) is 0 Å². The van der Waals surface area contributed by atoms with E-state index < -0.39 is 27.7 Å². The Labute approximate surface area is 228 Å². The van der Waals surface area contributed by atoms with Crippen LogP contribution in [0.1, 0.15) is 76.6 Å². The molecule has 0 saturated carbocycles. The summed E-state index contributed by atoms with van der Waals surface area (Å²) in [6.45, 7) is 8.75. The quantitative estimate of drug-likeness (QED) is 0.120. The van der Waals surface area contributed by atoms with Gasteiger partial charge < -0.3 is 24.7 Å². The lowest BCUT2D eigenvalue weighted by molar-refractivity contribution is -0.384. The Kier molecular flexibility index (Phi) is 11.1. The molecule has 2 N–H and O–H groups in total. The standard InChI is InChI=1S/C28H39N3O8/c1-6-30(16-10-9-15-29(5)23(33)11-7-8-12-24(34)39-28(2,3)4)27(36)19-13-14-21-20(17-19)18-22(32)26(35)25(21)31(37)38/h13-14,17-18,32,35H,6-12,15-16H2,1-5H3. The number of rotatable bonds is 13. The number of carbonyl (C=O) groups is 3. The van der Waals surface area contributed by atoms with E-state index >= 15 is 0 Å². The van der Waals surface area contributed by atoms with Crippen molar-refractivity contribution >= 4 is 34.2 Å². The second kappa shape index (κ2) is 13.8. The van der Waals surface area contributed by atoms with Gasteiger partial charge >= 0.3 is 11.7 Å². The maximum absolute atomic E-state index is 13.1. The number of hydrogen-bond donors (Lipinski definition) is 2. The molecule has 11 nitrogen and oxygen atoms in total. The van der Waals surface area contributed by atoms with Gasteiger partial charge in [-0.05, 0) is 83.0 Å². The summed E-state index contributed by atoms with van der Waals surface area (Å²) >= 11 is 0. The zero-order valence-electron chi connectivity index (χ0n) is 23.4. The summed E-state index contributed by atoms with van der Waals surface area (Å²) in [5.74, 6) is -1.97. The van der Waals surface area contributed by atoms with Crippen molar-refractivity contribution < 1.29 is 34.3 Å². The normalized spacial score (nSPS) is 11.3. The van der Waals surface area contributed by atoms with Crippen LogP contribution < -0.4 is 0 Å². The molecule has 0 aliphatic carbocycles. The number of nitro benzene ring substituents is 1. The van der Waals surface area contributed by atoms with E-state index in [0.29, 0.717) is 57.3 Å². The number of aromatic hydroxyl groups is 2. The van der Waals surface area contributed by atoms with Gasteiger partial charge in [0.25, 0.3) is 5.91 Å². The second-order valence-electron chi connectivity index (χ2n) is 10.5. The molecule has 0 aliphatic rings. The zero-order valence-corrected chi connectivity index (χ0v) is 23.4. The largest absolute Gasteiger partial charge is 0.504 e. The van der Waals surface area contributed by atoms with Crippen LogP contribution in [-0.2, 0) is 14.3 Å². The number of ether oxygens (including phenoxy) is 1. The third-order valence-corrected chi connectivity index (χ3v) is 6.20. The topological polar surface area (TPSA) is 151 Å². The van der Waals surface area contributed by atoms with Gasteiger partial charge in [0.05, 0.1) is 10.3 Å². The average Bonchev–Trinajstić information content (AvgIpc) is 2.85. The van der Waals surface area contributed by atoms with Crippen molar-refractivity contribution in [2.45, 2.75) is 71.8 Å². The average molecular weight is 546 g/mol. The molecule has 2 aromatic carbocycles. The van der Waals surface area contributed by atoms with Gasteiger partial charge in [-0.3, -0.25) is 24.5 Å². The number of unbranched alkanes of at least 4 members (excludes halogenated alkanes) is 2. The highest BCUT2D eigenvalue weighted by molar-refractivity contribution is 6.02. The summed E-state index contributed by atoms with van der Waals surface area (Å²) in [5, 5.41) is 31.5. The fourth-order valence-corrected chi connectivity index (χ4v) is 4.17. The van der Waals surface area contributed by atoms with Gasteiger partial charge in [-0.25, -0.2) is 0 Å². The van der Waals surface area contributed by atoms with E-state index in [1.54, 1.807) is 16.8 Å². The number of benzene rings is 2. The number of amides is 2. The van der Waals surface area contributed by atoms with Crippen molar-refractivity contribution in [3.05, 3.63) is 39.9 Å². The van der Waals surface area contributed by atoms with E-state index in [9.17, 15) is 34.7 Å². The van der Waals surface area contributed by atoms with Crippen LogP contribution in [0.15, 0.2) is 24.3 Å². The number of phenolic OH excluding ortho intramolecular Hbond substituents is 2. The maximum Gasteiger partial charge on any atom is 0.322 e. The second-order valence-corrected chi connectivity index (χ2v) is 10.5. The molecule has 2 rings (SSSR count). The number of hydrogen-bond acceptors (Lipinski definition) is 8. The van der Waals surface area contributed by atoms with Gasteiger partial charge in [0.15, 0.2) is 5.75 Å². The summed E-state index contributed by atoms with van der Waals surface area (Å²) < 4.78 is 5.27. The van der Waals surface area contributed by atoms with Gasteiger partial charge in [-0.2, -0.15) is 0 Å². The summed E-state index contributed by atoms with van der Waals surface area (Å²) in [5.41, 5.74) is -0.820. The number of nitro groups is 1.